The molecule has 19 heavy (non-hydrogen) atoms. The second-order valence-electron chi connectivity index (χ2n) is 4.60. The Kier molecular flexibility index (Phi) is 5.32. The minimum absolute atomic E-state index is 0.0483. The highest BCUT2D eigenvalue weighted by atomic mass is 16.5. The van der Waals surface area contributed by atoms with E-state index in [2.05, 4.69) is 5.32 Å². The van der Waals surface area contributed by atoms with Gasteiger partial charge in [0.2, 0.25) is 5.91 Å². The molecule has 1 aromatic rings. The third kappa shape index (κ3) is 4.63. The second-order valence-corrected chi connectivity index (χ2v) is 4.60. The number of anilines is 1. The van der Waals surface area contributed by atoms with E-state index < -0.39 is 0 Å². The molecule has 5 heteroatoms. The minimum atomic E-state index is -0.160. The van der Waals surface area contributed by atoms with Crippen LogP contribution in [-0.2, 0) is 20.8 Å². The van der Waals surface area contributed by atoms with Crippen molar-refractivity contribution in [1.82, 2.24) is 0 Å². The molecule has 5 nitrogen and oxygen atoms in total. The molecule has 1 amide bonds. The number of rotatable bonds is 6. The lowest BCUT2D eigenvalue weighted by molar-refractivity contribution is -0.121. The van der Waals surface area contributed by atoms with Crippen molar-refractivity contribution in [2.75, 3.05) is 25.1 Å². The maximum atomic E-state index is 11.7. The monoisotopic (exact) mass is 264 g/mol. The minimum Gasteiger partial charge on any atom is -0.376 e. The van der Waals surface area contributed by atoms with Crippen LogP contribution in [0.3, 0.4) is 0 Å². The summed E-state index contributed by atoms with van der Waals surface area (Å²) in [7, 11) is 0. The first-order chi connectivity index (χ1) is 9.28. The largest absolute Gasteiger partial charge is 0.376 e. The fourth-order valence-corrected chi connectivity index (χ4v) is 2.03. The standard InChI is InChI=1S/C14H20N2O3/c15-8-11-3-1-4-12(7-11)16-14(17)10-18-9-13-5-2-6-19-13/h1,3-4,7,13H,2,5-6,8-10,15H2,(H,16,17). The molecule has 1 aliphatic rings. The van der Waals surface area contributed by atoms with Crippen LogP contribution in [0.4, 0.5) is 5.69 Å². The van der Waals surface area contributed by atoms with Gasteiger partial charge in [0.1, 0.15) is 6.61 Å². The molecule has 1 aliphatic heterocycles. The van der Waals surface area contributed by atoms with Gasteiger partial charge >= 0.3 is 0 Å². The molecule has 1 aromatic carbocycles. The number of ether oxygens (including phenoxy) is 2. The summed E-state index contributed by atoms with van der Waals surface area (Å²) in [5, 5.41) is 2.78. The molecule has 0 spiro atoms. The Hall–Kier alpha value is -1.43. The average molecular weight is 264 g/mol. The van der Waals surface area contributed by atoms with Crippen LogP contribution in [0.15, 0.2) is 24.3 Å². The number of benzene rings is 1. The highest BCUT2D eigenvalue weighted by molar-refractivity contribution is 5.91. The van der Waals surface area contributed by atoms with Gasteiger partial charge in [0.15, 0.2) is 0 Å². The SMILES string of the molecule is NCc1cccc(NC(=O)COCC2CCCO2)c1. The molecule has 1 fully saturated rings. The number of hydrogen-bond acceptors (Lipinski definition) is 4. The first kappa shape index (κ1) is 14.0. The van der Waals surface area contributed by atoms with Gasteiger partial charge in [0, 0.05) is 18.8 Å². The van der Waals surface area contributed by atoms with Gasteiger partial charge in [-0.25, -0.2) is 0 Å². The lowest BCUT2D eigenvalue weighted by Crippen LogP contribution is -2.22. The van der Waals surface area contributed by atoms with E-state index in [0.717, 1.165) is 30.7 Å². The molecular formula is C14H20N2O3. The zero-order chi connectivity index (χ0) is 13.5. The van der Waals surface area contributed by atoms with E-state index in [4.69, 9.17) is 15.2 Å². The fourth-order valence-electron chi connectivity index (χ4n) is 2.03. The summed E-state index contributed by atoms with van der Waals surface area (Å²) in [5.41, 5.74) is 7.28. The second kappa shape index (κ2) is 7.23. The van der Waals surface area contributed by atoms with Gasteiger partial charge in [0.25, 0.3) is 0 Å². The first-order valence-electron chi connectivity index (χ1n) is 6.56. The Labute approximate surface area is 113 Å². The zero-order valence-corrected chi connectivity index (χ0v) is 10.9. The third-order valence-electron chi connectivity index (χ3n) is 3.01. The van der Waals surface area contributed by atoms with E-state index in [0.29, 0.717) is 13.2 Å². The number of nitrogens with two attached hydrogens (primary N) is 1. The molecule has 3 N–H and O–H groups in total. The number of nitrogens with one attached hydrogen (secondary N) is 1. The first-order valence-corrected chi connectivity index (χ1v) is 6.56. The van der Waals surface area contributed by atoms with Gasteiger partial charge < -0.3 is 20.5 Å². The van der Waals surface area contributed by atoms with Crippen molar-refractivity contribution in [2.24, 2.45) is 5.73 Å². The Morgan fingerprint density at radius 1 is 1.53 bits per heavy atom. The quantitative estimate of drug-likeness (QED) is 0.811. The normalized spacial score (nSPS) is 18.5. The Morgan fingerprint density at radius 3 is 3.16 bits per heavy atom. The Morgan fingerprint density at radius 2 is 2.42 bits per heavy atom. The lowest BCUT2D eigenvalue weighted by atomic mass is 10.2. The fraction of sp³-hybridized carbons (Fsp3) is 0.500. The van der Waals surface area contributed by atoms with Crippen molar-refractivity contribution in [3.05, 3.63) is 29.8 Å². The van der Waals surface area contributed by atoms with Gasteiger partial charge in [-0.05, 0) is 30.5 Å². The molecule has 2 rings (SSSR count). The summed E-state index contributed by atoms with van der Waals surface area (Å²) in [4.78, 5) is 11.7. The van der Waals surface area contributed by atoms with Crippen LogP contribution >= 0.6 is 0 Å². The van der Waals surface area contributed by atoms with Crippen LogP contribution in [0.5, 0.6) is 0 Å². The van der Waals surface area contributed by atoms with E-state index >= 15 is 0 Å². The Bertz CT molecular complexity index is 417. The van der Waals surface area contributed by atoms with Crippen molar-refractivity contribution < 1.29 is 14.3 Å². The molecule has 1 heterocycles. The van der Waals surface area contributed by atoms with E-state index in [-0.39, 0.29) is 18.6 Å². The number of amides is 1. The molecule has 1 saturated heterocycles. The predicted octanol–water partition coefficient (Wildman–Crippen LogP) is 1.28. The van der Waals surface area contributed by atoms with E-state index in [1.807, 2.05) is 24.3 Å². The molecule has 0 radical (unpaired) electrons. The van der Waals surface area contributed by atoms with Gasteiger partial charge in [-0.1, -0.05) is 12.1 Å². The third-order valence-corrected chi connectivity index (χ3v) is 3.01. The van der Waals surface area contributed by atoms with Gasteiger partial charge in [-0.2, -0.15) is 0 Å². The molecule has 1 atom stereocenters. The highest BCUT2D eigenvalue weighted by Gasteiger charge is 2.15. The van der Waals surface area contributed by atoms with E-state index in [1.165, 1.54) is 0 Å². The van der Waals surface area contributed by atoms with E-state index in [1.54, 1.807) is 0 Å². The zero-order valence-electron chi connectivity index (χ0n) is 10.9. The van der Waals surface area contributed by atoms with Crippen LogP contribution in [-0.4, -0.2) is 31.8 Å². The smallest absolute Gasteiger partial charge is 0.250 e. The van der Waals surface area contributed by atoms with Crippen molar-refractivity contribution in [1.29, 1.82) is 0 Å². The molecule has 0 saturated carbocycles. The van der Waals surface area contributed by atoms with Crippen LogP contribution in [0.25, 0.3) is 0 Å². The van der Waals surface area contributed by atoms with Crippen LogP contribution < -0.4 is 11.1 Å². The average Bonchev–Trinajstić information content (AvgIpc) is 2.92. The topological polar surface area (TPSA) is 73.6 Å². The molecule has 0 bridgehead atoms. The van der Waals surface area contributed by atoms with E-state index in [9.17, 15) is 4.79 Å². The summed E-state index contributed by atoms with van der Waals surface area (Å²) < 4.78 is 10.8. The molecule has 0 aromatic heterocycles. The van der Waals surface area contributed by atoms with Crippen LogP contribution in [0.1, 0.15) is 18.4 Å². The van der Waals surface area contributed by atoms with Crippen LogP contribution in [0, 0.1) is 0 Å². The van der Waals surface area contributed by atoms with Gasteiger partial charge in [-0.3, -0.25) is 4.79 Å². The van der Waals surface area contributed by atoms with Gasteiger partial charge in [-0.15, -0.1) is 0 Å². The summed E-state index contributed by atoms with van der Waals surface area (Å²) in [6.45, 7) is 1.79. The van der Waals surface area contributed by atoms with Crippen molar-refractivity contribution in [3.63, 3.8) is 0 Å². The Balaban J connectivity index is 1.70. The van der Waals surface area contributed by atoms with Crippen molar-refractivity contribution in [2.45, 2.75) is 25.5 Å². The van der Waals surface area contributed by atoms with Crippen molar-refractivity contribution in [3.8, 4) is 0 Å². The molecule has 1 unspecified atom stereocenters. The van der Waals surface area contributed by atoms with Crippen molar-refractivity contribution >= 4 is 11.6 Å². The molecule has 0 aliphatic carbocycles. The van der Waals surface area contributed by atoms with Crippen LogP contribution in [0.2, 0.25) is 0 Å². The molecular weight excluding hydrogens is 244 g/mol. The maximum Gasteiger partial charge on any atom is 0.250 e. The maximum absolute atomic E-state index is 11.7. The predicted molar refractivity (Wildman–Crippen MR) is 72.8 cm³/mol. The summed E-state index contributed by atoms with van der Waals surface area (Å²) in [6, 6.07) is 7.48. The highest BCUT2D eigenvalue weighted by Crippen LogP contribution is 2.12. The number of carbonyl (C=O) groups excluding carboxylic acids is 1. The number of carbonyl (C=O) groups is 1. The molecule has 104 valence electrons. The lowest BCUT2D eigenvalue weighted by Gasteiger charge is -2.10. The number of hydrogen-bond donors (Lipinski definition) is 2. The summed E-state index contributed by atoms with van der Waals surface area (Å²) in [6.07, 6.45) is 2.24. The van der Waals surface area contributed by atoms with Gasteiger partial charge in [0.05, 0.1) is 12.7 Å². The summed E-state index contributed by atoms with van der Waals surface area (Å²) in [5.74, 6) is -0.160. The summed E-state index contributed by atoms with van der Waals surface area (Å²) >= 11 is 0.